The standard InChI is InChI=1S/C14H15BN4S2/c1-16-8-10-18(13(16)20)15(12-6-4-3-5-7-12)19-11-9-17(2)14(19)21/h3-11H,1-2H3/q-1/p+1. The minimum atomic E-state index is -0.0476. The van der Waals surface area contributed by atoms with Gasteiger partial charge in [0.05, 0.1) is 13.2 Å². The van der Waals surface area contributed by atoms with Crippen molar-refractivity contribution in [2.24, 2.45) is 14.1 Å². The SMILES string of the molecule is Cn1cc[n+]([B-](c2ccccc2)n2ccn(C)c2=S)c1S. The second-order valence-electron chi connectivity index (χ2n) is 5.00. The van der Waals surface area contributed by atoms with E-state index in [0.29, 0.717) is 0 Å². The topological polar surface area (TPSA) is 18.7 Å². The molecule has 7 heteroatoms. The summed E-state index contributed by atoms with van der Waals surface area (Å²) in [5.74, 6) is 0. The predicted molar refractivity (Wildman–Crippen MR) is 89.7 cm³/mol. The van der Waals surface area contributed by atoms with Gasteiger partial charge in [0.25, 0.3) is 5.16 Å². The summed E-state index contributed by atoms with van der Waals surface area (Å²) >= 11 is 10.1. The average Bonchev–Trinajstić information content (AvgIpc) is 2.99. The largest absolute Gasteiger partial charge is 0.477 e. The number of rotatable bonds is 3. The van der Waals surface area contributed by atoms with Gasteiger partial charge in [-0.15, -0.1) is 0 Å². The molecule has 1 aromatic carbocycles. The average molecular weight is 315 g/mol. The van der Waals surface area contributed by atoms with Crippen molar-refractivity contribution in [1.82, 2.24) is 13.6 Å². The van der Waals surface area contributed by atoms with Gasteiger partial charge >= 0.3 is 0 Å². The maximum Gasteiger partial charge on any atom is 0.267 e. The molecule has 107 valence electrons. The summed E-state index contributed by atoms with van der Waals surface area (Å²) in [6.07, 6.45) is 7.99. The van der Waals surface area contributed by atoms with Crippen LogP contribution in [0.3, 0.4) is 0 Å². The van der Waals surface area contributed by atoms with E-state index in [0.717, 1.165) is 15.4 Å². The number of thiol groups is 1. The van der Waals surface area contributed by atoms with E-state index >= 15 is 0 Å². The third kappa shape index (κ3) is 2.47. The number of nitrogens with zero attached hydrogens (tertiary/aromatic N) is 4. The monoisotopic (exact) mass is 315 g/mol. The zero-order chi connectivity index (χ0) is 15.0. The van der Waals surface area contributed by atoms with E-state index in [1.54, 1.807) is 0 Å². The van der Waals surface area contributed by atoms with Gasteiger partial charge < -0.3 is 13.5 Å². The van der Waals surface area contributed by atoms with Crippen molar-refractivity contribution in [3.63, 3.8) is 0 Å². The molecule has 0 unspecified atom stereocenters. The van der Waals surface area contributed by atoms with Crippen LogP contribution in [0, 0.1) is 4.77 Å². The van der Waals surface area contributed by atoms with Crippen LogP contribution < -0.4 is 9.94 Å². The van der Waals surface area contributed by atoms with Crippen molar-refractivity contribution in [2.45, 2.75) is 5.16 Å². The third-order valence-electron chi connectivity index (χ3n) is 3.60. The Hall–Kier alpha value is -1.73. The molecule has 21 heavy (non-hydrogen) atoms. The van der Waals surface area contributed by atoms with Gasteiger partial charge in [-0.25, -0.2) is 4.57 Å². The van der Waals surface area contributed by atoms with Crippen LogP contribution in [-0.4, -0.2) is 20.6 Å². The Morgan fingerprint density at radius 2 is 1.76 bits per heavy atom. The lowest BCUT2D eigenvalue weighted by Crippen LogP contribution is -2.63. The highest BCUT2D eigenvalue weighted by atomic mass is 32.1. The van der Waals surface area contributed by atoms with Gasteiger partial charge in [0, 0.05) is 13.2 Å². The summed E-state index contributed by atoms with van der Waals surface area (Å²) in [6.45, 7) is -0.0476. The first-order valence-electron chi connectivity index (χ1n) is 6.63. The quantitative estimate of drug-likeness (QED) is 0.438. The number of hydrogen-bond acceptors (Lipinski definition) is 2. The zero-order valence-electron chi connectivity index (χ0n) is 11.9. The normalized spacial score (nSPS) is 11.2. The van der Waals surface area contributed by atoms with Crippen LogP contribution in [0.25, 0.3) is 0 Å². The molecule has 3 rings (SSSR count). The Morgan fingerprint density at radius 3 is 2.29 bits per heavy atom. The van der Waals surface area contributed by atoms with Crippen LogP contribution in [0.1, 0.15) is 0 Å². The Morgan fingerprint density at radius 1 is 1.05 bits per heavy atom. The molecule has 4 nitrogen and oxygen atoms in total. The first kappa shape index (κ1) is 14.2. The predicted octanol–water partition coefficient (Wildman–Crippen LogP) is 1.26. The van der Waals surface area contributed by atoms with Crippen LogP contribution >= 0.6 is 24.8 Å². The molecule has 3 aromatic rings. The summed E-state index contributed by atoms with van der Waals surface area (Å²) in [7, 11) is 3.93. The molecular weight excluding hydrogens is 299 g/mol. The molecule has 0 saturated heterocycles. The molecule has 1 radical (unpaired) electrons. The molecule has 0 amide bonds. The van der Waals surface area contributed by atoms with Gasteiger partial charge in [0.2, 0.25) is 6.98 Å². The Labute approximate surface area is 134 Å². The molecule has 0 fully saturated rings. The number of aryl methyl sites for hydroxylation is 2. The summed E-state index contributed by atoms with van der Waals surface area (Å²) in [5, 5.41) is 0.870. The smallest absolute Gasteiger partial charge is 0.267 e. The van der Waals surface area contributed by atoms with Crippen LogP contribution in [0.5, 0.6) is 0 Å². The molecule has 0 atom stereocenters. The molecule has 0 bridgehead atoms. The second-order valence-corrected chi connectivity index (χ2v) is 5.76. The molecule has 0 aliphatic rings. The summed E-state index contributed by atoms with van der Waals surface area (Å²) in [6, 6.07) is 10.3. The first-order valence-corrected chi connectivity index (χ1v) is 7.49. The van der Waals surface area contributed by atoms with Crippen molar-refractivity contribution in [2.75, 3.05) is 0 Å². The van der Waals surface area contributed by atoms with E-state index in [4.69, 9.17) is 12.2 Å². The van der Waals surface area contributed by atoms with E-state index < -0.39 is 0 Å². The van der Waals surface area contributed by atoms with Crippen LogP contribution in [-0.2, 0) is 14.1 Å². The van der Waals surface area contributed by atoms with Gasteiger partial charge in [-0.1, -0.05) is 43.0 Å². The van der Waals surface area contributed by atoms with Gasteiger partial charge in [0.15, 0.2) is 0 Å². The minimum Gasteiger partial charge on any atom is -0.477 e. The minimum absolute atomic E-state index is 0.0476. The Balaban J connectivity index is 2.24. The summed E-state index contributed by atoms with van der Waals surface area (Å²) in [5.41, 5.74) is 1.16. The Kier molecular flexibility index (Phi) is 3.78. The van der Waals surface area contributed by atoms with E-state index in [9.17, 15) is 0 Å². The van der Waals surface area contributed by atoms with Gasteiger partial charge in [-0.05, 0) is 18.4 Å². The highest BCUT2D eigenvalue weighted by molar-refractivity contribution is 7.80. The van der Waals surface area contributed by atoms with E-state index in [1.807, 2.05) is 66.2 Å². The number of benzene rings is 1. The number of hydrogen-bond donors (Lipinski definition) is 1. The van der Waals surface area contributed by atoms with Crippen molar-refractivity contribution in [1.29, 1.82) is 0 Å². The first-order chi connectivity index (χ1) is 10.1. The van der Waals surface area contributed by atoms with E-state index in [1.165, 1.54) is 0 Å². The van der Waals surface area contributed by atoms with E-state index in [-0.39, 0.29) is 6.98 Å². The van der Waals surface area contributed by atoms with Crippen molar-refractivity contribution in [3.05, 3.63) is 59.9 Å². The van der Waals surface area contributed by atoms with Gasteiger partial charge in [-0.2, -0.15) is 5.46 Å². The van der Waals surface area contributed by atoms with E-state index in [2.05, 4.69) is 33.7 Å². The molecule has 2 aromatic heterocycles. The molecule has 0 aliphatic carbocycles. The molecule has 0 saturated carbocycles. The van der Waals surface area contributed by atoms with Crippen LogP contribution in [0.4, 0.5) is 0 Å². The highest BCUT2D eigenvalue weighted by Gasteiger charge is 2.18. The summed E-state index contributed by atoms with van der Waals surface area (Å²) < 4.78 is 8.87. The maximum absolute atomic E-state index is 5.53. The third-order valence-corrected chi connectivity index (χ3v) is 4.64. The number of imidazole rings is 2. The fourth-order valence-electron chi connectivity index (χ4n) is 2.43. The molecule has 0 N–H and O–H groups in total. The second kappa shape index (κ2) is 5.58. The van der Waals surface area contributed by atoms with Gasteiger partial charge in [-0.3, -0.25) is 0 Å². The van der Waals surface area contributed by atoms with Crippen LogP contribution in [0.15, 0.2) is 60.3 Å². The fourth-order valence-corrected chi connectivity index (χ4v) is 2.89. The molecule has 0 aliphatic heterocycles. The Bertz CT molecular complexity index is 819. The number of aromatic nitrogens is 4. The molecular formula is C14H16BN4S2. The molecule has 2 heterocycles. The lowest BCUT2D eigenvalue weighted by molar-refractivity contribution is -0.581. The van der Waals surface area contributed by atoms with Crippen LogP contribution in [0.2, 0.25) is 0 Å². The van der Waals surface area contributed by atoms with Crippen molar-refractivity contribution < 1.29 is 4.48 Å². The zero-order valence-corrected chi connectivity index (χ0v) is 13.6. The van der Waals surface area contributed by atoms with Crippen molar-refractivity contribution >= 4 is 37.3 Å². The summed E-state index contributed by atoms with van der Waals surface area (Å²) in [4.78, 5) is 0. The lowest BCUT2D eigenvalue weighted by atomic mass is 9.67. The lowest BCUT2D eigenvalue weighted by Gasteiger charge is -2.27. The highest BCUT2D eigenvalue weighted by Crippen LogP contribution is 2.03. The molecule has 0 spiro atoms. The van der Waals surface area contributed by atoms with Crippen molar-refractivity contribution in [3.8, 4) is 0 Å². The van der Waals surface area contributed by atoms with Gasteiger partial charge in [0.1, 0.15) is 11.0 Å². The fraction of sp³-hybridized carbons (Fsp3) is 0.143. The maximum atomic E-state index is 5.53.